The highest BCUT2D eigenvalue weighted by Gasteiger charge is 2.21. The number of carbonyl (C=O) groups excluding carboxylic acids is 1. The molecule has 3 aromatic carbocycles. The molecule has 0 aliphatic carbocycles. The molecule has 0 spiro atoms. The summed E-state index contributed by atoms with van der Waals surface area (Å²) in [6.07, 6.45) is 3.89. The van der Waals surface area contributed by atoms with Gasteiger partial charge in [-0.3, -0.25) is 14.9 Å². The summed E-state index contributed by atoms with van der Waals surface area (Å²) in [7, 11) is 0. The summed E-state index contributed by atoms with van der Waals surface area (Å²) in [6, 6.07) is 20.8. The lowest BCUT2D eigenvalue weighted by atomic mass is 9.96. The Kier molecular flexibility index (Phi) is 4.49. The van der Waals surface area contributed by atoms with E-state index in [1.807, 2.05) is 48.6 Å². The number of rotatable bonds is 2. The zero-order valence-electron chi connectivity index (χ0n) is 15.3. The standard InChI is InChI=1S/C23H18N2O3/c1-16(26)24-15-21-13-20(17-5-3-2-4-6-17)10-8-18(21)7-9-19-11-12-22(25(27)28)14-23(19)24/h2-14H,15H2,1H3. The van der Waals surface area contributed by atoms with Crippen molar-refractivity contribution >= 4 is 29.4 Å². The zero-order valence-corrected chi connectivity index (χ0v) is 15.3. The number of nitro benzene ring substituents is 1. The smallest absolute Gasteiger partial charge is 0.271 e. The minimum absolute atomic E-state index is 0.0303. The quantitative estimate of drug-likeness (QED) is 0.454. The van der Waals surface area contributed by atoms with Gasteiger partial charge in [0.2, 0.25) is 5.91 Å². The van der Waals surface area contributed by atoms with Gasteiger partial charge in [-0.15, -0.1) is 0 Å². The van der Waals surface area contributed by atoms with Crippen LogP contribution in [0.15, 0.2) is 66.7 Å². The fraction of sp³-hybridized carbons (Fsp3) is 0.0870. The summed E-state index contributed by atoms with van der Waals surface area (Å²) in [5.74, 6) is -0.159. The molecule has 0 atom stereocenters. The number of amides is 1. The number of hydrogen-bond donors (Lipinski definition) is 0. The maximum absolute atomic E-state index is 12.4. The lowest BCUT2D eigenvalue weighted by Crippen LogP contribution is -2.29. The van der Waals surface area contributed by atoms with Crippen molar-refractivity contribution in [2.45, 2.75) is 13.5 Å². The van der Waals surface area contributed by atoms with Crippen LogP contribution in [-0.4, -0.2) is 10.8 Å². The first-order valence-electron chi connectivity index (χ1n) is 8.96. The lowest BCUT2D eigenvalue weighted by Gasteiger charge is -2.26. The molecule has 0 saturated carbocycles. The molecule has 3 aromatic rings. The number of nitro groups is 1. The summed E-state index contributed by atoms with van der Waals surface area (Å²) in [5.41, 5.74) is 5.47. The van der Waals surface area contributed by atoms with Crippen molar-refractivity contribution in [3.63, 3.8) is 0 Å². The topological polar surface area (TPSA) is 63.5 Å². The van der Waals surface area contributed by atoms with Gasteiger partial charge >= 0.3 is 0 Å². The molecule has 0 unspecified atom stereocenters. The molecule has 5 nitrogen and oxygen atoms in total. The van der Waals surface area contributed by atoms with Gasteiger partial charge in [-0.1, -0.05) is 54.6 Å². The van der Waals surface area contributed by atoms with Gasteiger partial charge in [0.05, 0.1) is 17.2 Å². The minimum atomic E-state index is -0.442. The molecule has 4 rings (SSSR count). The molecule has 138 valence electrons. The van der Waals surface area contributed by atoms with Crippen LogP contribution in [0.25, 0.3) is 23.3 Å². The molecule has 0 fully saturated rings. The first-order chi connectivity index (χ1) is 13.5. The van der Waals surface area contributed by atoms with Crippen LogP contribution < -0.4 is 4.90 Å². The van der Waals surface area contributed by atoms with E-state index in [-0.39, 0.29) is 11.6 Å². The second kappa shape index (κ2) is 7.12. The Morgan fingerprint density at radius 1 is 0.929 bits per heavy atom. The predicted molar refractivity (Wildman–Crippen MR) is 111 cm³/mol. The van der Waals surface area contributed by atoms with Crippen LogP contribution in [0.3, 0.4) is 0 Å². The van der Waals surface area contributed by atoms with E-state index in [0.29, 0.717) is 12.2 Å². The van der Waals surface area contributed by atoms with Crippen LogP contribution in [0.1, 0.15) is 23.6 Å². The van der Waals surface area contributed by atoms with Crippen LogP contribution >= 0.6 is 0 Å². The Morgan fingerprint density at radius 2 is 1.64 bits per heavy atom. The monoisotopic (exact) mass is 370 g/mol. The van der Waals surface area contributed by atoms with Crippen molar-refractivity contribution in [3.05, 3.63) is 93.5 Å². The average molecular weight is 370 g/mol. The average Bonchev–Trinajstić information content (AvgIpc) is 2.69. The van der Waals surface area contributed by atoms with Crippen molar-refractivity contribution in [2.24, 2.45) is 0 Å². The zero-order chi connectivity index (χ0) is 19.7. The molecule has 1 aliphatic rings. The second-order valence-electron chi connectivity index (χ2n) is 6.72. The van der Waals surface area contributed by atoms with Crippen LogP contribution in [0.4, 0.5) is 11.4 Å². The maximum Gasteiger partial charge on any atom is 0.271 e. The highest BCUT2D eigenvalue weighted by molar-refractivity contribution is 5.96. The van der Waals surface area contributed by atoms with Gasteiger partial charge in [-0.25, -0.2) is 0 Å². The molecule has 0 bridgehead atoms. The SMILES string of the molecule is CC(=O)N1Cc2cc(-c3ccccc3)ccc2C=Cc2ccc([N+](=O)[O-])cc21. The van der Waals surface area contributed by atoms with Crippen LogP contribution in [-0.2, 0) is 11.3 Å². The summed E-state index contributed by atoms with van der Waals surface area (Å²) in [5, 5.41) is 11.2. The first-order valence-corrected chi connectivity index (χ1v) is 8.96. The van der Waals surface area contributed by atoms with E-state index in [9.17, 15) is 14.9 Å². The third-order valence-corrected chi connectivity index (χ3v) is 4.92. The van der Waals surface area contributed by atoms with E-state index >= 15 is 0 Å². The van der Waals surface area contributed by atoms with E-state index in [2.05, 4.69) is 12.1 Å². The van der Waals surface area contributed by atoms with Gasteiger partial charge in [0.15, 0.2) is 0 Å². The van der Waals surface area contributed by atoms with Gasteiger partial charge in [0.1, 0.15) is 0 Å². The Balaban J connectivity index is 1.84. The molecule has 0 aromatic heterocycles. The van der Waals surface area contributed by atoms with Crippen molar-refractivity contribution in [2.75, 3.05) is 4.90 Å². The Morgan fingerprint density at radius 3 is 2.36 bits per heavy atom. The van der Waals surface area contributed by atoms with E-state index in [1.165, 1.54) is 19.1 Å². The molecule has 5 heteroatoms. The number of hydrogen-bond acceptors (Lipinski definition) is 3. The van der Waals surface area contributed by atoms with Gasteiger partial charge in [-0.2, -0.15) is 0 Å². The maximum atomic E-state index is 12.4. The molecule has 1 aliphatic heterocycles. The third-order valence-electron chi connectivity index (χ3n) is 4.92. The fourth-order valence-electron chi connectivity index (χ4n) is 3.45. The van der Waals surface area contributed by atoms with Crippen molar-refractivity contribution in [1.82, 2.24) is 0 Å². The minimum Gasteiger partial charge on any atom is -0.307 e. The predicted octanol–water partition coefficient (Wildman–Crippen LogP) is 5.30. The molecular weight excluding hydrogens is 352 g/mol. The van der Waals surface area contributed by atoms with E-state index < -0.39 is 4.92 Å². The lowest BCUT2D eigenvalue weighted by molar-refractivity contribution is -0.384. The van der Waals surface area contributed by atoms with E-state index in [1.54, 1.807) is 11.0 Å². The van der Waals surface area contributed by atoms with Crippen LogP contribution in [0, 0.1) is 10.1 Å². The second-order valence-corrected chi connectivity index (χ2v) is 6.72. The van der Waals surface area contributed by atoms with E-state index in [0.717, 1.165) is 27.8 Å². The number of anilines is 1. The number of fused-ring (bicyclic) bond motifs is 2. The highest BCUT2D eigenvalue weighted by Crippen LogP contribution is 2.33. The Bertz CT molecular complexity index is 1100. The fourth-order valence-corrected chi connectivity index (χ4v) is 3.45. The van der Waals surface area contributed by atoms with Crippen molar-refractivity contribution < 1.29 is 9.72 Å². The number of nitrogens with zero attached hydrogens (tertiary/aromatic N) is 2. The summed E-state index contributed by atoms with van der Waals surface area (Å²) >= 11 is 0. The number of benzene rings is 3. The largest absolute Gasteiger partial charge is 0.307 e. The van der Waals surface area contributed by atoms with Crippen molar-refractivity contribution in [3.8, 4) is 11.1 Å². The highest BCUT2D eigenvalue weighted by atomic mass is 16.6. The Hall–Kier alpha value is -3.73. The van der Waals surface area contributed by atoms with Crippen LogP contribution in [0.5, 0.6) is 0 Å². The van der Waals surface area contributed by atoms with Crippen molar-refractivity contribution in [1.29, 1.82) is 0 Å². The molecule has 28 heavy (non-hydrogen) atoms. The molecule has 0 N–H and O–H groups in total. The molecule has 0 saturated heterocycles. The molecule has 1 amide bonds. The summed E-state index contributed by atoms with van der Waals surface area (Å²) in [6.45, 7) is 1.83. The summed E-state index contributed by atoms with van der Waals surface area (Å²) in [4.78, 5) is 24.8. The summed E-state index contributed by atoms with van der Waals surface area (Å²) < 4.78 is 0. The van der Waals surface area contributed by atoms with Gasteiger partial charge in [0.25, 0.3) is 5.69 Å². The molecular formula is C23H18N2O3. The van der Waals surface area contributed by atoms with Gasteiger partial charge < -0.3 is 4.90 Å². The normalized spacial score (nSPS) is 12.5. The molecule has 0 radical (unpaired) electrons. The number of carbonyl (C=O) groups is 1. The van der Waals surface area contributed by atoms with Crippen LogP contribution in [0.2, 0.25) is 0 Å². The molecule has 1 heterocycles. The first kappa shape index (κ1) is 17.7. The van der Waals surface area contributed by atoms with E-state index in [4.69, 9.17) is 0 Å². The number of non-ortho nitro benzene ring substituents is 1. The van der Waals surface area contributed by atoms with Gasteiger partial charge in [0, 0.05) is 19.1 Å². The third kappa shape index (κ3) is 3.30. The van der Waals surface area contributed by atoms with Gasteiger partial charge in [-0.05, 0) is 39.9 Å². The Labute approximate surface area is 162 Å².